The van der Waals surface area contributed by atoms with Gasteiger partial charge in [0, 0.05) is 0 Å². The Labute approximate surface area is 95.8 Å². The van der Waals surface area contributed by atoms with Gasteiger partial charge < -0.3 is 9.97 Å². The summed E-state index contributed by atoms with van der Waals surface area (Å²) in [5.41, 5.74) is 0.406. The van der Waals surface area contributed by atoms with Gasteiger partial charge >= 0.3 is 0 Å². The average molecular weight is 317 g/mol. The smallest absolute Gasteiger partial charge is 0.175 e. The molecule has 2 N–H and O–H groups in total. The third-order valence-electron chi connectivity index (χ3n) is 1.54. The molecule has 0 saturated carbocycles. The lowest BCUT2D eigenvalue weighted by atomic mass is 10.5. The zero-order valence-corrected chi connectivity index (χ0v) is 9.85. The van der Waals surface area contributed by atoms with Gasteiger partial charge in [0.1, 0.15) is 21.0 Å². The van der Waals surface area contributed by atoms with E-state index in [1.807, 2.05) is 6.07 Å². The van der Waals surface area contributed by atoms with Crippen LogP contribution in [0.4, 0.5) is 0 Å². The summed E-state index contributed by atoms with van der Waals surface area (Å²) < 4.78 is 1.41. The highest BCUT2D eigenvalue weighted by molar-refractivity contribution is 9.13. The average Bonchev–Trinajstić information content (AvgIpc) is 2.74. The molecule has 0 aliphatic carbocycles. The molecule has 0 unspecified atom stereocenters. The number of aromatic nitrogens is 4. The van der Waals surface area contributed by atoms with Crippen LogP contribution >= 0.6 is 31.9 Å². The number of H-pyrrole nitrogens is 2. The number of nitrogens with zero attached hydrogens (tertiary/aromatic N) is 3. The second-order valence-electron chi connectivity index (χ2n) is 2.45. The van der Waals surface area contributed by atoms with E-state index in [0.29, 0.717) is 21.9 Å². The van der Waals surface area contributed by atoms with E-state index in [4.69, 9.17) is 5.26 Å². The number of aromatic amines is 2. The molecule has 2 heterocycles. The minimum Gasteiger partial charge on any atom is -0.329 e. The largest absolute Gasteiger partial charge is 0.329 e. The molecule has 0 spiro atoms. The van der Waals surface area contributed by atoms with Gasteiger partial charge in [-0.2, -0.15) is 5.26 Å². The lowest BCUT2D eigenvalue weighted by molar-refractivity contribution is 1.18. The number of hydrogen-bond acceptors (Lipinski definition) is 3. The molecule has 0 fully saturated rings. The van der Waals surface area contributed by atoms with Gasteiger partial charge in [0.15, 0.2) is 11.6 Å². The summed E-state index contributed by atoms with van der Waals surface area (Å²) in [5.74, 6) is 1.11. The molecule has 70 valence electrons. The fraction of sp³-hybridized carbons (Fsp3) is 0. The molecule has 0 amide bonds. The Hall–Kier alpha value is -1.13. The van der Waals surface area contributed by atoms with Crippen LogP contribution < -0.4 is 0 Å². The molecule has 0 aromatic carbocycles. The minimum atomic E-state index is 0.406. The van der Waals surface area contributed by atoms with E-state index in [1.54, 1.807) is 0 Å². The molecule has 0 atom stereocenters. The number of rotatable bonds is 1. The van der Waals surface area contributed by atoms with E-state index in [0.717, 1.165) is 4.60 Å². The number of halogens is 2. The van der Waals surface area contributed by atoms with Gasteiger partial charge in [0.25, 0.3) is 0 Å². The fourth-order valence-corrected chi connectivity index (χ4v) is 1.49. The summed E-state index contributed by atoms with van der Waals surface area (Å²) >= 11 is 6.51. The first-order valence-electron chi connectivity index (χ1n) is 3.57. The lowest BCUT2D eigenvalue weighted by Crippen LogP contribution is -1.82. The normalized spacial score (nSPS) is 10.1. The van der Waals surface area contributed by atoms with Gasteiger partial charge in [-0.1, -0.05) is 0 Å². The first-order chi connectivity index (χ1) is 6.70. The van der Waals surface area contributed by atoms with Gasteiger partial charge in [-0.25, -0.2) is 9.97 Å². The van der Waals surface area contributed by atoms with Crippen LogP contribution in [-0.2, 0) is 0 Å². The van der Waals surface area contributed by atoms with Gasteiger partial charge in [0.2, 0.25) is 0 Å². The molecule has 0 saturated heterocycles. The predicted octanol–water partition coefficient (Wildman–Crippen LogP) is 2.20. The summed E-state index contributed by atoms with van der Waals surface area (Å²) in [4.78, 5) is 13.9. The van der Waals surface area contributed by atoms with E-state index in [2.05, 4.69) is 51.8 Å². The van der Waals surface area contributed by atoms with Crippen molar-refractivity contribution in [1.82, 2.24) is 19.9 Å². The molecule has 5 nitrogen and oxygen atoms in total. The highest BCUT2D eigenvalue weighted by Gasteiger charge is 2.09. The predicted molar refractivity (Wildman–Crippen MR) is 56.3 cm³/mol. The Morgan fingerprint density at radius 1 is 1.29 bits per heavy atom. The van der Waals surface area contributed by atoms with E-state index >= 15 is 0 Å². The summed E-state index contributed by atoms with van der Waals surface area (Å²) in [5, 5.41) is 8.59. The summed E-state index contributed by atoms with van der Waals surface area (Å²) in [6, 6.07) is 1.96. The van der Waals surface area contributed by atoms with E-state index in [-0.39, 0.29) is 0 Å². The van der Waals surface area contributed by atoms with Crippen LogP contribution in [0.1, 0.15) is 5.69 Å². The van der Waals surface area contributed by atoms with Crippen LogP contribution in [0.25, 0.3) is 11.6 Å². The van der Waals surface area contributed by atoms with E-state index in [9.17, 15) is 0 Å². The van der Waals surface area contributed by atoms with E-state index < -0.39 is 0 Å². The van der Waals surface area contributed by atoms with Crippen molar-refractivity contribution in [3.8, 4) is 17.7 Å². The molecule has 0 aliphatic heterocycles. The van der Waals surface area contributed by atoms with Gasteiger partial charge in [0.05, 0.1) is 6.20 Å². The number of imidazole rings is 2. The highest BCUT2D eigenvalue weighted by atomic mass is 79.9. The van der Waals surface area contributed by atoms with Crippen molar-refractivity contribution in [2.75, 3.05) is 0 Å². The van der Waals surface area contributed by atoms with Crippen molar-refractivity contribution in [2.24, 2.45) is 0 Å². The second-order valence-corrected chi connectivity index (χ2v) is 3.99. The summed E-state index contributed by atoms with van der Waals surface area (Å²) in [6.07, 6.45) is 1.46. The van der Waals surface area contributed by atoms with Gasteiger partial charge in [-0.3, -0.25) is 0 Å². The van der Waals surface area contributed by atoms with Crippen LogP contribution in [0.2, 0.25) is 0 Å². The van der Waals surface area contributed by atoms with Crippen LogP contribution in [0.15, 0.2) is 15.4 Å². The van der Waals surface area contributed by atoms with Crippen molar-refractivity contribution in [3.05, 3.63) is 21.1 Å². The zero-order chi connectivity index (χ0) is 10.1. The standard InChI is InChI=1S/C7H3Br2N5/c8-4-5(9)14-7(13-4)6-11-2-3(1-10)12-6/h2H,(H,11,12)(H,13,14). The van der Waals surface area contributed by atoms with Crippen LogP contribution in [0.5, 0.6) is 0 Å². The zero-order valence-electron chi connectivity index (χ0n) is 6.67. The number of hydrogen-bond donors (Lipinski definition) is 2. The van der Waals surface area contributed by atoms with Crippen molar-refractivity contribution in [1.29, 1.82) is 5.26 Å². The van der Waals surface area contributed by atoms with Crippen molar-refractivity contribution in [2.45, 2.75) is 0 Å². The Balaban J connectivity index is 2.45. The number of nitrogens with one attached hydrogen (secondary N) is 2. The fourth-order valence-electron chi connectivity index (χ4n) is 0.941. The summed E-state index contributed by atoms with van der Waals surface area (Å²) in [6.45, 7) is 0. The van der Waals surface area contributed by atoms with Gasteiger partial charge in [-0.05, 0) is 31.9 Å². The minimum absolute atomic E-state index is 0.406. The van der Waals surface area contributed by atoms with Crippen LogP contribution in [0, 0.1) is 11.3 Å². The Morgan fingerprint density at radius 2 is 2.07 bits per heavy atom. The first kappa shape index (κ1) is 9.43. The quantitative estimate of drug-likeness (QED) is 0.846. The number of nitriles is 1. The second kappa shape index (κ2) is 3.55. The van der Waals surface area contributed by atoms with E-state index in [1.165, 1.54) is 6.20 Å². The van der Waals surface area contributed by atoms with Crippen molar-refractivity contribution >= 4 is 31.9 Å². The molecular formula is C7H3Br2N5. The Bertz CT molecular complexity index is 487. The Kier molecular flexibility index (Phi) is 2.39. The molecule has 0 radical (unpaired) electrons. The van der Waals surface area contributed by atoms with Crippen molar-refractivity contribution < 1.29 is 0 Å². The maximum absolute atomic E-state index is 8.59. The molecule has 14 heavy (non-hydrogen) atoms. The molecular weight excluding hydrogens is 314 g/mol. The molecule has 7 heteroatoms. The molecule has 0 bridgehead atoms. The van der Waals surface area contributed by atoms with Crippen LogP contribution in [-0.4, -0.2) is 19.9 Å². The molecule has 2 aromatic rings. The van der Waals surface area contributed by atoms with Gasteiger partial charge in [-0.15, -0.1) is 0 Å². The molecule has 2 aromatic heterocycles. The van der Waals surface area contributed by atoms with Crippen molar-refractivity contribution in [3.63, 3.8) is 0 Å². The Morgan fingerprint density at radius 3 is 2.57 bits per heavy atom. The maximum Gasteiger partial charge on any atom is 0.175 e. The third-order valence-corrected chi connectivity index (χ3v) is 3.22. The summed E-state index contributed by atoms with van der Waals surface area (Å²) in [7, 11) is 0. The topological polar surface area (TPSA) is 81.2 Å². The maximum atomic E-state index is 8.59. The monoisotopic (exact) mass is 315 g/mol. The molecule has 2 rings (SSSR count). The highest BCUT2D eigenvalue weighted by Crippen LogP contribution is 2.23. The van der Waals surface area contributed by atoms with Crippen LogP contribution in [0.3, 0.4) is 0 Å². The SMILES string of the molecule is N#Cc1cnc(-c2nc(Br)c(Br)[nH]2)[nH]1. The first-order valence-corrected chi connectivity index (χ1v) is 5.16. The lowest BCUT2D eigenvalue weighted by Gasteiger charge is -1.86. The molecule has 0 aliphatic rings. The third kappa shape index (κ3) is 1.58.